The average Bonchev–Trinajstić information content (AvgIpc) is 2.67. The van der Waals surface area contributed by atoms with Crippen LogP contribution < -0.4 is 5.32 Å². The van der Waals surface area contributed by atoms with Crippen LogP contribution in [0.4, 0.5) is 13.2 Å². The van der Waals surface area contributed by atoms with Crippen LogP contribution in [-0.2, 0) is 11.0 Å². The van der Waals surface area contributed by atoms with E-state index >= 15 is 0 Å². The molecule has 0 radical (unpaired) electrons. The summed E-state index contributed by atoms with van der Waals surface area (Å²) in [7, 11) is 0. The minimum atomic E-state index is -4.38. The third-order valence-corrected chi connectivity index (χ3v) is 3.37. The van der Waals surface area contributed by atoms with Crippen molar-refractivity contribution in [2.75, 3.05) is 6.54 Å². The summed E-state index contributed by atoms with van der Waals surface area (Å²) in [5.41, 5.74) is -0.230. The SMILES string of the molecule is CCCN1C(=O)C(C)NC1c1cccc(C(F)(F)F)c1. The molecule has 0 bridgehead atoms. The molecule has 1 fully saturated rings. The zero-order valence-electron chi connectivity index (χ0n) is 11.4. The number of hydrogen-bond acceptors (Lipinski definition) is 2. The molecule has 1 N–H and O–H groups in total. The van der Waals surface area contributed by atoms with Gasteiger partial charge in [-0.15, -0.1) is 0 Å². The maximum absolute atomic E-state index is 12.8. The highest BCUT2D eigenvalue weighted by atomic mass is 19.4. The van der Waals surface area contributed by atoms with E-state index in [4.69, 9.17) is 0 Å². The smallest absolute Gasteiger partial charge is 0.322 e. The Kier molecular flexibility index (Phi) is 4.04. The van der Waals surface area contributed by atoms with Gasteiger partial charge in [-0.1, -0.05) is 19.1 Å². The first-order valence-electron chi connectivity index (χ1n) is 6.58. The van der Waals surface area contributed by atoms with Gasteiger partial charge in [0, 0.05) is 6.54 Å². The molecule has 0 aromatic heterocycles. The second kappa shape index (κ2) is 5.44. The molecule has 1 aliphatic rings. The Labute approximate surface area is 115 Å². The maximum atomic E-state index is 12.8. The quantitative estimate of drug-likeness (QED) is 0.926. The van der Waals surface area contributed by atoms with E-state index in [9.17, 15) is 18.0 Å². The molecule has 1 heterocycles. The molecule has 1 aliphatic heterocycles. The lowest BCUT2D eigenvalue weighted by Crippen LogP contribution is -2.31. The number of halogens is 3. The lowest BCUT2D eigenvalue weighted by Gasteiger charge is -2.24. The van der Waals surface area contributed by atoms with Crippen LogP contribution in [0.15, 0.2) is 24.3 Å². The summed E-state index contributed by atoms with van der Waals surface area (Å²) in [6.45, 7) is 4.18. The molecule has 1 aromatic carbocycles. The van der Waals surface area contributed by atoms with Crippen molar-refractivity contribution in [3.8, 4) is 0 Å². The first-order chi connectivity index (χ1) is 9.34. The number of carbonyl (C=O) groups excluding carboxylic acids is 1. The fourth-order valence-electron chi connectivity index (χ4n) is 2.42. The summed E-state index contributed by atoms with van der Waals surface area (Å²) in [5.74, 6) is -0.0748. The van der Waals surface area contributed by atoms with Gasteiger partial charge >= 0.3 is 6.18 Å². The van der Waals surface area contributed by atoms with Gasteiger partial charge in [-0.05, 0) is 31.0 Å². The normalized spacial score (nSPS) is 23.4. The van der Waals surface area contributed by atoms with E-state index < -0.39 is 17.9 Å². The Hall–Kier alpha value is -1.56. The molecule has 6 heteroatoms. The van der Waals surface area contributed by atoms with E-state index in [-0.39, 0.29) is 11.9 Å². The minimum Gasteiger partial charge on any atom is -0.322 e. The molecule has 1 aromatic rings. The van der Waals surface area contributed by atoms with Crippen molar-refractivity contribution in [2.45, 2.75) is 38.7 Å². The van der Waals surface area contributed by atoms with Gasteiger partial charge < -0.3 is 4.90 Å². The van der Waals surface area contributed by atoms with Crippen LogP contribution in [0.3, 0.4) is 0 Å². The Morgan fingerprint density at radius 1 is 1.35 bits per heavy atom. The largest absolute Gasteiger partial charge is 0.416 e. The summed E-state index contributed by atoms with van der Waals surface area (Å²) in [5, 5.41) is 3.04. The van der Waals surface area contributed by atoms with Gasteiger partial charge in [-0.25, -0.2) is 0 Å². The van der Waals surface area contributed by atoms with E-state index in [1.807, 2.05) is 6.92 Å². The highest BCUT2D eigenvalue weighted by Crippen LogP contribution is 2.32. The first kappa shape index (κ1) is 14.8. The monoisotopic (exact) mass is 286 g/mol. The van der Waals surface area contributed by atoms with E-state index in [2.05, 4.69) is 5.32 Å². The van der Waals surface area contributed by atoms with Crippen molar-refractivity contribution in [3.05, 3.63) is 35.4 Å². The van der Waals surface area contributed by atoms with Gasteiger partial charge in [0.2, 0.25) is 5.91 Å². The highest BCUT2D eigenvalue weighted by Gasteiger charge is 2.37. The zero-order chi connectivity index (χ0) is 14.9. The van der Waals surface area contributed by atoms with E-state index in [0.717, 1.165) is 18.6 Å². The van der Waals surface area contributed by atoms with Crippen molar-refractivity contribution < 1.29 is 18.0 Å². The minimum absolute atomic E-state index is 0.0748. The van der Waals surface area contributed by atoms with Crippen LogP contribution in [0, 0.1) is 0 Å². The number of nitrogens with zero attached hydrogens (tertiary/aromatic N) is 1. The Morgan fingerprint density at radius 3 is 2.65 bits per heavy atom. The van der Waals surface area contributed by atoms with E-state index in [1.54, 1.807) is 17.9 Å². The molecule has 110 valence electrons. The van der Waals surface area contributed by atoms with Crippen molar-refractivity contribution in [3.63, 3.8) is 0 Å². The molecular formula is C14H17F3N2O. The van der Waals surface area contributed by atoms with Gasteiger partial charge in [0.15, 0.2) is 0 Å². The molecular weight excluding hydrogens is 269 g/mol. The van der Waals surface area contributed by atoms with E-state index in [0.29, 0.717) is 12.1 Å². The number of carbonyl (C=O) groups is 1. The van der Waals surface area contributed by atoms with Crippen molar-refractivity contribution in [2.24, 2.45) is 0 Å². The van der Waals surface area contributed by atoms with Gasteiger partial charge in [-0.2, -0.15) is 13.2 Å². The second-order valence-corrected chi connectivity index (χ2v) is 4.95. The number of amides is 1. The van der Waals surface area contributed by atoms with Gasteiger partial charge in [0.05, 0.1) is 11.6 Å². The second-order valence-electron chi connectivity index (χ2n) is 4.95. The van der Waals surface area contributed by atoms with Crippen LogP contribution >= 0.6 is 0 Å². The van der Waals surface area contributed by atoms with Crippen molar-refractivity contribution in [1.82, 2.24) is 10.2 Å². The molecule has 2 rings (SSSR count). The molecule has 2 atom stereocenters. The number of alkyl halides is 3. The molecule has 20 heavy (non-hydrogen) atoms. The third-order valence-electron chi connectivity index (χ3n) is 3.37. The summed E-state index contributed by atoms with van der Waals surface area (Å²) in [6.07, 6.45) is -4.10. The molecule has 0 spiro atoms. The van der Waals surface area contributed by atoms with Gasteiger partial charge in [-0.3, -0.25) is 10.1 Å². The number of benzene rings is 1. The summed E-state index contributed by atoms with van der Waals surface area (Å²) in [4.78, 5) is 13.6. The molecule has 3 nitrogen and oxygen atoms in total. The van der Waals surface area contributed by atoms with Crippen LogP contribution in [0.5, 0.6) is 0 Å². The summed E-state index contributed by atoms with van der Waals surface area (Å²) >= 11 is 0. The fraction of sp³-hybridized carbons (Fsp3) is 0.500. The molecule has 2 unspecified atom stereocenters. The van der Waals surface area contributed by atoms with Crippen LogP contribution in [0.25, 0.3) is 0 Å². The zero-order valence-corrected chi connectivity index (χ0v) is 11.4. The summed E-state index contributed by atoms with van der Waals surface area (Å²) in [6, 6.07) is 4.75. The predicted octanol–water partition coefficient (Wildman–Crippen LogP) is 2.93. The fourth-order valence-corrected chi connectivity index (χ4v) is 2.42. The maximum Gasteiger partial charge on any atom is 0.416 e. The standard InChI is InChI=1S/C14H17F3N2O/c1-3-7-19-12(18-9(2)13(19)20)10-5-4-6-11(8-10)14(15,16)17/h4-6,8-9,12,18H,3,7H2,1-2H3. The molecule has 0 saturated carbocycles. The lowest BCUT2D eigenvalue weighted by atomic mass is 10.1. The van der Waals surface area contributed by atoms with Crippen molar-refractivity contribution in [1.29, 1.82) is 0 Å². The van der Waals surface area contributed by atoms with Crippen molar-refractivity contribution >= 4 is 5.91 Å². The number of hydrogen-bond donors (Lipinski definition) is 1. The Bertz CT molecular complexity index is 501. The number of nitrogens with one attached hydrogen (secondary N) is 1. The van der Waals surface area contributed by atoms with Crippen LogP contribution in [0.1, 0.15) is 37.6 Å². The Morgan fingerprint density at radius 2 is 2.05 bits per heavy atom. The number of rotatable bonds is 3. The first-order valence-corrected chi connectivity index (χ1v) is 6.58. The topological polar surface area (TPSA) is 32.3 Å². The van der Waals surface area contributed by atoms with Gasteiger partial charge in [0.1, 0.15) is 6.17 Å². The lowest BCUT2D eigenvalue weighted by molar-refractivity contribution is -0.137. The van der Waals surface area contributed by atoms with Crippen LogP contribution in [0.2, 0.25) is 0 Å². The Balaban J connectivity index is 2.33. The summed E-state index contributed by atoms with van der Waals surface area (Å²) < 4.78 is 38.3. The average molecular weight is 286 g/mol. The van der Waals surface area contributed by atoms with Crippen LogP contribution in [-0.4, -0.2) is 23.4 Å². The molecule has 1 amide bonds. The van der Waals surface area contributed by atoms with E-state index in [1.165, 1.54) is 6.07 Å². The third kappa shape index (κ3) is 2.80. The molecule has 0 aliphatic carbocycles. The highest BCUT2D eigenvalue weighted by molar-refractivity contribution is 5.84. The molecule has 1 saturated heterocycles. The van der Waals surface area contributed by atoms with Gasteiger partial charge in [0.25, 0.3) is 0 Å². The predicted molar refractivity (Wildman–Crippen MR) is 68.8 cm³/mol.